The summed E-state index contributed by atoms with van der Waals surface area (Å²) in [4.78, 5) is 15.9. The molecule has 6 heteroatoms. The number of carbonyl (C=O) groups is 1. The van der Waals surface area contributed by atoms with Crippen LogP contribution in [0.1, 0.15) is 21.6 Å². The molecule has 3 rings (SSSR count). The van der Waals surface area contributed by atoms with Crippen LogP contribution in [0.25, 0.3) is 23.1 Å². The van der Waals surface area contributed by atoms with E-state index in [0.717, 1.165) is 5.56 Å². The molecule has 0 aliphatic heterocycles. The number of nitrogens with zero attached hydrogens (tertiary/aromatic N) is 3. The predicted molar refractivity (Wildman–Crippen MR) is 90.6 cm³/mol. The Balaban J connectivity index is 1.95. The molecule has 2 aromatic heterocycles. The Bertz CT molecular complexity index is 886. The van der Waals surface area contributed by atoms with Crippen molar-refractivity contribution in [1.29, 1.82) is 0 Å². The molecule has 3 aromatic rings. The van der Waals surface area contributed by atoms with E-state index in [1.54, 1.807) is 41.2 Å². The average Bonchev–Trinajstić information content (AvgIpc) is 3.00. The van der Waals surface area contributed by atoms with Crippen LogP contribution in [-0.4, -0.2) is 31.7 Å². The number of benzene rings is 1. The number of halogens is 1. The zero-order valence-electron chi connectivity index (χ0n) is 12.2. The minimum Gasteiger partial charge on any atom is -0.478 e. The summed E-state index contributed by atoms with van der Waals surface area (Å²) < 4.78 is 1.75. The van der Waals surface area contributed by atoms with Crippen LogP contribution in [-0.2, 0) is 6.54 Å². The molecule has 2 heterocycles. The lowest BCUT2D eigenvalue weighted by atomic mass is 10.1. The van der Waals surface area contributed by atoms with E-state index in [0.29, 0.717) is 29.0 Å². The number of alkyl halides is 1. The van der Waals surface area contributed by atoms with Gasteiger partial charge in [0, 0.05) is 23.0 Å². The molecular formula is C17H14ClN3O2. The molecule has 0 atom stereocenters. The second-order valence-electron chi connectivity index (χ2n) is 4.98. The molecule has 0 unspecified atom stereocenters. The van der Waals surface area contributed by atoms with Crippen LogP contribution in [0.4, 0.5) is 0 Å². The Hall–Kier alpha value is -2.66. The standard InChI is InChI=1S/C17H14ClN3O2/c18-7-8-21-11-12(10-19-21)5-6-13-9-15(17(22)23)14-3-1-2-4-16(14)20-13/h1-6,9-11H,7-8H2,(H,22,23)/b6-5+. The maximum Gasteiger partial charge on any atom is 0.336 e. The number of carboxylic acids is 1. The molecular weight excluding hydrogens is 314 g/mol. The molecule has 0 bridgehead atoms. The fourth-order valence-corrected chi connectivity index (χ4v) is 2.49. The monoisotopic (exact) mass is 327 g/mol. The number of rotatable bonds is 5. The summed E-state index contributed by atoms with van der Waals surface area (Å²) in [6.07, 6.45) is 7.22. The molecule has 0 spiro atoms. The Morgan fingerprint density at radius 2 is 2.13 bits per heavy atom. The van der Waals surface area contributed by atoms with E-state index in [1.807, 2.05) is 18.3 Å². The summed E-state index contributed by atoms with van der Waals surface area (Å²) in [5.41, 5.74) is 2.39. The minimum absolute atomic E-state index is 0.244. The number of aromatic nitrogens is 3. The maximum absolute atomic E-state index is 11.4. The highest BCUT2D eigenvalue weighted by Gasteiger charge is 2.10. The fraction of sp³-hybridized carbons (Fsp3) is 0.118. The summed E-state index contributed by atoms with van der Waals surface area (Å²) in [6, 6.07) is 8.78. The molecule has 0 saturated carbocycles. The van der Waals surface area contributed by atoms with Gasteiger partial charge >= 0.3 is 5.97 Å². The second kappa shape index (κ2) is 6.62. The number of aryl methyl sites for hydroxylation is 1. The highest BCUT2D eigenvalue weighted by Crippen LogP contribution is 2.19. The van der Waals surface area contributed by atoms with Gasteiger partial charge in [0.15, 0.2) is 0 Å². The molecule has 116 valence electrons. The van der Waals surface area contributed by atoms with Gasteiger partial charge in [-0.1, -0.05) is 18.2 Å². The fourth-order valence-electron chi connectivity index (χ4n) is 2.31. The largest absolute Gasteiger partial charge is 0.478 e. The molecule has 0 amide bonds. The van der Waals surface area contributed by atoms with Crippen LogP contribution in [0.2, 0.25) is 0 Å². The Labute approximate surface area is 137 Å². The molecule has 0 radical (unpaired) electrons. The first-order valence-corrected chi connectivity index (χ1v) is 7.60. The lowest BCUT2D eigenvalue weighted by molar-refractivity contribution is 0.0699. The third-order valence-electron chi connectivity index (χ3n) is 3.38. The molecule has 0 saturated heterocycles. The van der Waals surface area contributed by atoms with Crippen LogP contribution in [0.15, 0.2) is 42.7 Å². The zero-order valence-corrected chi connectivity index (χ0v) is 12.9. The molecule has 1 aromatic carbocycles. The van der Waals surface area contributed by atoms with Crippen LogP contribution in [0.5, 0.6) is 0 Å². The Kier molecular flexibility index (Phi) is 4.39. The van der Waals surface area contributed by atoms with Crippen molar-refractivity contribution < 1.29 is 9.90 Å². The van der Waals surface area contributed by atoms with Gasteiger partial charge in [-0.25, -0.2) is 9.78 Å². The van der Waals surface area contributed by atoms with Gasteiger partial charge in [-0.15, -0.1) is 11.6 Å². The summed E-state index contributed by atoms with van der Waals surface area (Å²) >= 11 is 5.68. The highest BCUT2D eigenvalue weighted by molar-refractivity contribution is 6.17. The second-order valence-corrected chi connectivity index (χ2v) is 5.35. The minimum atomic E-state index is -0.965. The first kappa shape index (κ1) is 15.2. The van der Waals surface area contributed by atoms with Crippen molar-refractivity contribution in [3.63, 3.8) is 0 Å². The predicted octanol–water partition coefficient (Wildman–Crippen LogP) is 3.54. The summed E-state index contributed by atoms with van der Waals surface area (Å²) in [5.74, 6) is -0.466. The van der Waals surface area contributed by atoms with E-state index in [9.17, 15) is 9.90 Å². The van der Waals surface area contributed by atoms with Crippen molar-refractivity contribution in [3.8, 4) is 0 Å². The van der Waals surface area contributed by atoms with E-state index in [4.69, 9.17) is 11.6 Å². The quantitative estimate of drug-likeness (QED) is 0.728. The lowest BCUT2D eigenvalue weighted by Gasteiger charge is -2.03. The summed E-state index contributed by atoms with van der Waals surface area (Å²) in [5, 5.41) is 14.2. The van der Waals surface area contributed by atoms with Crippen LogP contribution in [0.3, 0.4) is 0 Å². The first-order chi connectivity index (χ1) is 11.2. The topological polar surface area (TPSA) is 68.0 Å². The number of pyridine rings is 1. The van der Waals surface area contributed by atoms with E-state index < -0.39 is 5.97 Å². The number of hydrogen-bond acceptors (Lipinski definition) is 3. The molecule has 23 heavy (non-hydrogen) atoms. The number of fused-ring (bicyclic) bond motifs is 1. The third-order valence-corrected chi connectivity index (χ3v) is 3.55. The van der Waals surface area contributed by atoms with Crippen LogP contribution in [0, 0.1) is 0 Å². The van der Waals surface area contributed by atoms with Gasteiger partial charge in [0.25, 0.3) is 0 Å². The molecule has 0 aliphatic rings. The van der Waals surface area contributed by atoms with Crippen molar-refractivity contribution in [1.82, 2.24) is 14.8 Å². The Morgan fingerprint density at radius 1 is 1.30 bits per heavy atom. The van der Waals surface area contributed by atoms with Crippen molar-refractivity contribution >= 4 is 40.6 Å². The number of carboxylic acid groups (broad SMARTS) is 1. The molecule has 1 N–H and O–H groups in total. The van der Waals surface area contributed by atoms with Gasteiger partial charge in [-0.2, -0.15) is 5.10 Å². The molecule has 0 fully saturated rings. The van der Waals surface area contributed by atoms with Crippen molar-refractivity contribution in [3.05, 3.63) is 59.5 Å². The molecule has 5 nitrogen and oxygen atoms in total. The van der Waals surface area contributed by atoms with Gasteiger partial charge in [0.05, 0.1) is 29.5 Å². The van der Waals surface area contributed by atoms with Crippen molar-refractivity contribution in [2.24, 2.45) is 0 Å². The average molecular weight is 328 g/mol. The van der Waals surface area contributed by atoms with E-state index in [2.05, 4.69) is 10.1 Å². The number of para-hydroxylation sites is 1. The van der Waals surface area contributed by atoms with Gasteiger partial charge in [0.1, 0.15) is 0 Å². The lowest BCUT2D eigenvalue weighted by Crippen LogP contribution is -2.00. The van der Waals surface area contributed by atoms with Gasteiger partial charge < -0.3 is 5.11 Å². The van der Waals surface area contributed by atoms with Crippen molar-refractivity contribution in [2.45, 2.75) is 6.54 Å². The van der Waals surface area contributed by atoms with Crippen molar-refractivity contribution in [2.75, 3.05) is 5.88 Å². The zero-order chi connectivity index (χ0) is 16.2. The highest BCUT2D eigenvalue weighted by atomic mass is 35.5. The number of aromatic carboxylic acids is 1. The summed E-state index contributed by atoms with van der Waals surface area (Å²) in [6.45, 7) is 0.646. The number of hydrogen-bond donors (Lipinski definition) is 1. The maximum atomic E-state index is 11.4. The first-order valence-electron chi connectivity index (χ1n) is 7.07. The van der Waals surface area contributed by atoms with E-state index >= 15 is 0 Å². The van der Waals surface area contributed by atoms with E-state index in [1.165, 1.54) is 0 Å². The van der Waals surface area contributed by atoms with E-state index in [-0.39, 0.29) is 5.56 Å². The third kappa shape index (κ3) is 3.40. The van der Waals surface area contributed by atoms with Crippen LogP contribution < -0.4 is 0 Å². The Morgan fingerprint density at radius 3 is 2.91 bits per heavy atom. The SMILES string of the molecule is O=C(O)c1cc(/C=C/c2cnn(CCCl)c2)nc2ccccc12. The van der Waals surface area contributed by atoms with Gasteiger partial charge in [-0.3, -0.25) is 4.68 Å². The van der Waals surface area contributed by atoms with Gasteiger partial charge in [-0.05, 0) is 24.3 Å². The smallest absolute Gasteiger partial charge is 0.336 e. The van der Waals surface area contributed by atoms with Gasteiger partial charge in [0.2, 0.25) is 0 Å². The molecule has 0 aliphatic carbocycles. The normalized spacial score (nSPS) is 11.3. The van der Waals surface area contributed by atoms with Crippen LogP contribution >= 0.6 is 11.6 Å². The summed E-state index contributed by atoms with van der Waals surface area (Å²) in [7, 11) is 0.